The second-order valence-electron chi connectivity index (χ2n) is 11.8. The van der Waals surface area contributed by atoms with Gasteiger partial charge in [-0.25, -0.2) is 0 Å². The number of benzene rings is 4. The fourth-order valence-electron chi connectivity index (χ4n) is 6.18. The Morgan fingerprint density at radius 2 is 1.55 bits per heavy atom. The van der Waals surface area contributed by atoms with Crippen molar-refractivity contribution in [3.05, 3.63) is 129 Å². The van der Waals surface area contributed by atoms with Gasteiger partial charge in [0, 0.05) is 29.9 Å². The normalized spacial score (nSPS) is 21.1. The summed E-state index contributed by atoms with van der Waals surface area (Å²) in [6.45, 7) is 7.02. The van der Waals surface area contributed by atoms with Gasteiger partial charge < -0.3 is 23.7 Å². The number of hydrogen-bond donors (Lipinski definition) is 0. The summed E-state index contributed by atoms with van der Waals surface area (Å²) in [6.07, 6.45) is 1.91. The van der Waals surface area contributed by atoms with E-state index in [1.165, 1.54) is 5.56 Å². The third-order valence-electron chi connectivity index (χ3n) is 8.40. The van der Waals surface area contributed by atoms with Crippen LogP contribution in [0.4, 0.5) is 0 Å². The Morgan fingerprint density at radius 3 is 2.25 bits per heavy atom. The SMILES string of the molecule is CCOc1ccc(Cc2cc(C3CC(OCc4ccccc4)CC(COCc4ccccc4)O3)c3c(c2Cl)C(C)CO3)cc1. The van der Waals surface area contributed by atoms with Gasteiger partial charge in [-0.3, -0.25) is 0 Å². The van der Waals surface area contributed by atoms with Crippen molar-refractivity contribution in [2.24, 2.45) is 0 Å². The van der Waals surface area contributed by atoms with Gasteiger partial charge in [0.2, 0.25) is 0 Å². The van der Waals surface area contributed by atoms with Gasteiger partial charge in [-0.1, -0.05) is 91.3 Å². The highest BCUT2D eigenvalue weighted by atomic mass is 35.5. The third kappa shape index (κ3) is 7.47. The molecule has 0 amide bonds. The summed E-state index contributed by atoms with van der Waals surface area (Å²) >= 11 is 7.10. The Kier molecular flexibility index (Phi) is 10.2. The zero-order valence-electron chi connectivity index (χ0n) is 25.5. The largest absolute Gasteiger partial charge is 0.494 e. The van der Waals surface area contributed by atoms with Gasteiger partial charge in [-0.05, 0) is 53.8 Å². The van der Waals surface area contributed by atoms with E-state index >= 15 is 0 Å². The van der Waals surface area contributed by atoms with Crippen LogP contribution in [0.2, 0.25) is 5.02 Å². The lowest BCUT2D eigenvalue weighted by molar-refractivity contribution is -0.142. The summed E-state index contributed by atoms with van der Waals surface area (Å²) in [5, 5.41) is 0.790. The van der Waals surface area contributed by atoms with Crippen molar-refractivity contribution in [2.75, 3.05) is 19.8 Å². The van der Waals surface area contributed by atoms with E-state index in [2.05, 4.69) is 49.4 Å². The first kappa shape index (κ1) is 30.7. The van der Waals surface area contributed by atoms with Gasteiger partial charge in [-0.2, -0.15) is 0 Å². The lowest BCUT2D eigenvalue weighted by atomic mass is 9.89. The smallest absolute Gasteiger partial charge is 0.130 e. The second kappa shape index (κ2) is 14.6. The molecule has 6 rings (SSSR count). The van der Waals surface area contributed by atoms with Crippen LogP contribution in [-0.4, -0.2) is 32.0 Å². The topological polar surface area (TPSA) is 46.2 Å². The van der Waals surface area contributed by atoms with Gasteiger partial charge >= 0.3 is 0 Å². The molecule has 5 nitrogen and oxygen atoms in total. The minimum absolute atomic E-state index is 0.0130. The minimum atomic E-state index is -0.203. The highest BCUT2D eigenvalue weighted by Gasteiger charge is 2.37. The van der Waals surface area contributed by atoms with E-state index in [1.54, 1.807) is 0 Å². The fourth-order valence-corrected chi connectivity index (χ4v) is 6.58. The first-order valence-electron chi connectivity index (χ1n) is 15.7. The molecule has 6 heteroatoms. The lowest BCUT2D eigenvalue weighted by Crippen LogP contribution is -2.36. The molecule has 4 aromatic rings. The van der Waals surface area contributed by atoms with Gasteiger partial charge in [0.05, 0.1) is 56.4 Å². The first-order chi connectivity index (χ1) is 21.6. The molecular weight excluding hydrogens is 572 g/mol. The lowest BCUT2D eigenvalue weighted by Gasteiger charge is -2.36. The van der Waals surface area contributed by atoms with Crippen LogP contribution in [0.15, 0.2) is 91.0 Å². The van der Waals surface area contributed by atoms with Crippen LogP contribution in [0.3, 0.4) is 0 Å². The van der Waals surface area contributed by atoms with Gasteiger partial charge in [0.25, 0.3) is 0 Å². The Hall–Kier alpha value is -3.35. The van der Waals surface area contributed by atoms with Gasteiger partial charge in [-0.15, -0.1) is 0 Å². The van der Waals surface area contributed by atoms with Gasteiger partial charge in [0.1, 0.15) is 11.5 Å². The van der Waals surface area contributed by atoms with Crippen LogP contribution in [0.25, 0.3) is 0 Å². The van der Waals surface area contributed by atoms with Crippen LogP contribution in [0, 0.1) is 0 Å². The molecule has 0 spiro atoms. The Bertz CT molecular complexity index is 1490. The van der Waals surface area contributed by atoms with Crippen molar-refractivity contribution in [3.8, 4) is 11.5 Å². The molecule has 1 saturated heterocycles. The zero-order chi connectivity index (χ0) is 30.3. The van der Waals surface area contributed by atoms with Crippen LogP contribution >= 0.6 is 11.6 Å². The maximum Gasteiger partial charge on any atom is 0.130 e. The van der Waals surface area contributed by atoms with E-state index in [9.17, 15) is 0 Å². The van der Waals surface area contributed by atoms with Crippen molar-refractivity contribution in [3.63, 3.8) is 0 Å². The highest BCUT2D eigenvalue weighted by Crippen LogP contribution is 2.48. The summed E-state index contributed by atoms with van der Waals surface area (Å²) in [5.74, 6) is 1.95. The van der Waals surface area contributed by atoms with Crippen LogP contribution in [0.5, 0.6) is 11.5 Å². The molecule has 0 radical (unpaired) electrons. The molecule has 0 bridgehead atoms. The molecule has 4 aromatic carbocycles. The predicted molar refractivity (Wildman–Crippen MR) is 174 cm³/mol. The molecule has 2 aliphatic heterocycles. The fraction of sp³-hybridized carbons (Fsp3) is 0.368. The van der Waals surface area contributed by atoms with E-state index in [-0.39, 0.29) is 24.2 Å². The standard InChI is InChI=1S/C38H41ClO5/c1-3-41-31-16-14-27(15-17-31)18-30-19-34(38-36(37(30)39)26(2)22-43-38)35-21-32(42-24-29-12-8-5-9-13-29)20-33(44-35)25-40-23-28-10-6-4-7-11-28/h4-17,19,26,32-33,35H,3,18,20-25H2,1-2H3. The summed E-state index contributed by atoms with van der Waals surface area (Å²) in [4.78, 5) is 0. The Morgan fingerprint density at radius 1 is 0.841 bits per heavy atom. The predicted octanol–water partition coefficient (Wildman–Crippen LogP) is 8.85. The molecule has 4 atom stereocenters. The quantitative estimate of drug-likeness (QED) is 0.160. The van der Waals surface area contributed by atoms with E-state index in [0.29, 0.717) is 39.5 Å². The maximum atomic E-state index is 7.10. The van der Waals surface area contributed by atoms with Crippen molar-refractivity contribution in [2.45, 2.75) is 70.6 Å². The van der Waals surface area contributed by atoms with Crippen LogP contribution < -0.4 is 9.47 Å². The van der Waals surface area contributed by atoms with Crippen molar-refractivity contribution in [1.82, 2.24) is 0 Å². The molecule has 0 aliphatic carbocycles. The number of hydrogen-bond acceptors (Lipinski definition) is 5. The van der Waals surface area contributed by atoms with Crippen molar-refractivity contribution >= 4 is 11.6 Å². The maximum absolute atomic E-state index is 7.10. The Balaban J connectivity index is 1.25. The number of ether oxygens (including phenoxy) is 5. The van der Waals surface area contributed by atoms with Crippen molar-refractivity contribution in [1.29, 1.82) is 0 Å². The minimum Gasteiger partial charge on any atom is -0.494 e. The first-order valence-corrected chi connectivity index (χ1v) is 16.1. The Labute approximate surface area is 266 Å². The van der Waals surface area contributed by atoms with E-state index in [1.807, 2.05) is 55.5 Å². The second-order valence-corrected chi connectivity index (χ2v) is 12.2. The summed E-state index contributed by atoms with van der Waals surface area (Å²) in [5.41, 5.74) is 6.69. The average molecular weight is 613 g/mol. The summed E-state index contributed by atoms with van der Waals surface area (Å²) < 4.78 is 31.4. The van der Waals surface area contributed by atoms with Gasteiger partial charge in [0.15, 0.2) is 0 Å². The highest BCUT2D eigenvalue weighted by molar-refractivity contribution is 6.32. The molecule has 2 heterocycles. The molecule has 0 aromatic heterocycles. The molecule has 0 saturated carbocycles. The van der Waals surface area contributed by atoms with Crippen LogP contribution in [-0.2, 0) is 33.8 Å². The average Bonchev–Trinajstić information content (AvgIpc) is 3.45. The molecule has 44 heavy (non-hydrogen) atoms. The van der Waals surface area contributed by atoms with E-state index in [4.69, 9.17) is 35.3 Å². The van der Waals surface area contributed by atoms with Crippen molar-refractivity contribution < 1.29 is 23.7 Å². The third-order valence-corrected chi connectivity index (χ3v) is 8.85. The number of fused-ring (bicyclic) bond motifs is 1. The number of halogens is 1. The van der Waals surface area contributed by atoms with Crippen LogP contribution in [0.1, 0.15) is 72.1 Å². The zero-order valence-corrected chi connectivity index (χ0v) is 26.3. The molecular formula is C38H41ClO5. The molecule has 2 aliphatic rings. The van der Waals surface area contributed by atoms with E-state index in [0.717, 1.165) is 57.2 Å². The van der Waals surface area contributed by atoms with E-state index < -0.39 is 0 Å². The summed E-state index contributed by atoms with van der Waals surface area (Å²) in [6, 6.07) is 31.0. The molecule has 1 fully saturated rings. The molecule has 0 N–H and O–H groups in total. The summed E-state index contributed by atoms with van der Waals surface area (Å²) in [7, 11) is 0. The number of rotatable bonds is 12. The molecule has 230 valence electrons. The monoisotopic (exact) mass is 612 g/mol. The molecule has 4 unspecified atom stereocenters.